The maximum absolute atomic E-state index is 13.2. The van der Waals surface area contributed by atoms with E-state index in [4.69, 9.17) is 36.8 Å². The van der Waals surface area contributed by atoms with E-state index in [9.17, 15) is 21.6 Å². The van der Waals surface area contributed by atoms with E-state index in [2.05, 4.69) is 0 Å². The van der Waals surface area contributed by atoms with Crippen molar-refractivity contribution in [1.82, 2.24) is 0 Å². The number of benzene rings is 4. The second-order valence-corrected chi connectivity index (χ2v) is 15.3. The first-order valence-corrected chi connectivity index (χ1v) is 20.2. The zero-order valence-corrected chi connectivity index (χ0v) is 31.8. The number of aryl methyl sites for hydroxylation is 2. The zero-order valence-electron chi connectivity index (χ0n) is 30.2. The Morgan fingerprint density at radius 1 is 0.407 bits per heavy atom. The van der Waals surface area contributed by atoms with Crippen molar-refractivity contribution in [3.63, 3.8) is 0 Å². The first kappa shape index (κ1) is 41.0. The van der Waals surface area contributed by atoms with Crippen molar-refractivity contribution < 1.29 is 58.4 Å². The Hall–Kier alpha value is -4.19. The Labute approximate surface area is 316 Å². The minimum Gasteiger partial charge on any atom is -0.491 e. The summed E-state index contributed by atoms with van der Waals surface area (Å²) in [5.41, 5.74) is 4.64. The largest absolute Gasteiger partial charge is 0.491 e. The van der Waals surface area contributed by atoms with Crippen LogP contribution in [-0.4, -0.2) is 102 Å². The Morgan fingerprint density at radius 2 is 0.741 bits per heavy atom. The van der Waals surface area contributed by atoms with Crippen molar-refractivity contribution in [1.29, 1.82) is 0 Å². The average molecular weight is 785 g/mol. The van der Waals surface area contributed by atoms with Crippen molar-refractivity contribution >= 4 is 26.0 Å². The lowest BCUT2D eigenvalue weighted by molar-refractivity contribution is 0.0279. The number of ether oxygens (including phenoxy) is 6. The molecule has 0 radical (unpaired) electrons. The molecular weight excluding hydrogens is 741 g/mol. The molecule has 0 aliphatic heterocycles. The molecule has 0 atom stereocenters. The standard InChI is InChI=1S/C39H44O13S2/c1-29-3-9-33(10-4-29)53(41,42)51-25-21-47-17-15-45-19-23-49-31-7-13-35-36-14-8-32(28-38(36)39(40)37(35)27-31)50-24-20-46-16-18-48-22-26-52-54(43,44)34-11-5-30(2)6-12-34/h3-14,27-28H,15-26H2,1-2H3. The van der Waals surface area contributed by atoms with E-state index >= 15 is 0 Å². The predicted molar refractivity (Wildman–Crippen MR) is 198 cm³/mol. The first-order valence-electron chi connectivity index (χ1n) is 17.4. The molecule has 0 saturated carbocycles. The Kier molecular flexibility index (Phi) is 15.1. The van der Waals surface area contributed by atoms with Crippen LogP contribution in [0.5, 0.6) is 11.5 Å². The highest BCUT2D eigenvalue weighted by Gasteiger charge is 2.27. The van der Waals surface area contributed by atoms with Crippen molar-refractivity contribution in [2.75, 3.05) is 79.3 Å². The van der Waals surface area contributed by atoms with E-state index in [1.807, 2.05) is 26.0 Å². The molecular formula is C39H44O13S2. The van der Waals surface area contributed by atoms with Gasteiger partial charge in [-0.2, -0.15) is 16.8 Å². The molecule has 1 aliphatic rings. The molecule has 5 rings (SSSR count). The van der Waals surface area contributed by atoms with Crippen LogP contribution in [0.15, 0.2) is 94.7 Å². The molecule has 0 unspecified atom stereocenters. The fraction of sp³-hybridized carbons (Fsp3) is 0.359. The van der Waals surface area contributed by atoms with Gasteiger partial charge in [-0.15, -0.1) is 0 Å². The number of carbonyl (C=O) groups is 1. The van der Waals surface area contributed by atoms with Gasteiger partial charge in [0.15, 0.2) is 5.78 Å². The molecule has 290 valence electrons. The number of hydrogen-bond acceptors (Lipinski definition) is 13. The van der Waals surface area contributed by atoms with Crippen LogP contribution in [0, 0.1) is 13.8 Å². The second-order valence-electron chi connectivity index (χ2n) is 12.1. The van der Waals surface area contributed by atoms with Crippen LogP contribution in [0.1, 0.15) is 27.0 Å². The van der Waals surface area contributed by atoms with Gasteiger partial charge < -0.3 is 28.4 Å². The summed E-state index contributed by atoms with van der Waals surface area (Å²) in [6, 6.07) is 23.6. The summed E-state index contributed by atoms with van der Waals surface area (Å²) < 4.78 is 92.2. The van der Waals surface area contributed by atoms with Crippen LogP contribution in [0.2, 0.25) is 0 Å². The van der Waals surface area contributed by atoms with E-state index in [0.717, 1.165) is 22.3 Å². The topological polar surface area (TPSA) is 159 Å². The molecule has 0 N–H and O–H groups in total. The second kappa shape index (κ2) is 19.9. The van der Waals surface area contributed by atoms with E-state index < -0.39 is 20.2 Å². The Bertz CT molecular complexity index is 1900. The van der Waals surface area contributed by atoms with Gasteiger partial charge in [-0.3, -0.25) is 13.2 Å². The normalized spacial score (nSPS) is 12.4. The van der Waals surface area contributed by atoms with Gasteiger partial charge in [-0.25, -0.2) is 0 Å². The minimum absolute atomic E-state index is 0.0986. The molecule has 1 aliphatic carbocycles. The van der Waals surface area contributed by atoms with Crippen LogP contribution < -0.4 is 9.47 Å². The van der Waals surface area contributed by atoms with E-state index in [1.54, 1.807) is 48.5 Å². The molecule has 54 heavy (non-hydrogen) atoms. The first-order chi connectivity index (χ1) is 26.0. The van der Waals surface area contributed by atoms with Crippen LogP contribution in [0.3, 0.4) is 0 Å². The number of fused-ring (bicyclic) bond motifs is 3. The average Bonchev–Trinajstić information content (AvgIpc) is 3.43. The third-order valence-electron chi connectivity index (χ3n) is 8.05. The monoisotopic (exact) mass is 784 g/mol. The van der Waals surface area contributed by atoms with Gasteiger partial charge in [0.1, 0.15) is 24.7 Å². The van der Waals surface area contributed by atoms with Crippen LogP contribution >= 0.6 is 0 Å². The van der Waals surface area contributed by atoms with Gasteiger partial charge in [-0.05, 0) is 85.6 Å². The molecule has 0 fully saturated rings. The number of rotatable bonds is 24. The van der Waals surface area contributed by atoms with Gasteiger partial charge in [-0.1, -0.05) is 35.4 Å². The lowest BCUT2D eigenvalue weighted by atomic mass is 10.1. The van der Waals surface area contributed by atoms with Crippen LogP contribution in [0.25, 0.3) is 11.1 Å². The number of carbonyl (C=O) groups excluding carboxylic acids is 1. The van der Waals surface area contributed by atoms with Gasteiger partial charge in [0, 0.05) is 11.1 Å². The summed E-state index contributed by atoms with van der Waals surface area (Å²) in [7, 11) is -7.65. The number of hydrogen-bond donors (Lipinski definition) is 0. The lowest BCUT2D eigenvalue weighted by Gasteiger charge is -2.10. The quantitative estimate of drug-likeness (QED) is 0.0598. The summed E-state index contributed by atoms with van der Waals surface area (Å²) >= 11 is 0. The summed E-state index contributed by atoms with van der Waals surface area (Å²) in [6.45, 7) is 5.95. The fourth-order valence-electron chi connectivity index (χ4n) is 5.25. The van der Waals surface area contributed by atoms with E-state index in [0.29, 0.717) is 49.1 Å². The predicted octanol–water partition coefficient (Wildman–Crippen LogP) is 5.15. The molecule has 4 aromatic carbocycles. The maximum atomic E-state index is 13.2. The molecule has 0 bridgehead atoms. The van der Waals surface area contributed by atoms with Crippen LogP contribution in [-0.2, 0) is 47.5 Å². The Balaban J connectivity index is 0.909. The molecule has 0 saturated heterocycles. The maximum Gasteiger partial charge on any atom is 0.297 e. The van der Waals surface area contributed by atoms with E-state index in [-0.39, 0.29) is 68.4 Å². The zero-order chi connectivity index (χ0) is 38.4. The van der Waals surface area contributed by atoms with Crippen molar-refractivity contribution in [3.8, 4) is 22.6 Å². The highest BCUT2D eigenvalue weighted by Crippen LogP contribution is 2.39. The Morgan fingerprint density at radius 3 is 1.11 bits per heavy atom. The molecule has 13 nitrogen and oxygen atoms in total. The molecule has 15 heteroatoms. The van der Waals surface area contributed by atoms with Gasteiger partial charge in [0.2, 0.25) is 0 Å². The highest BCUT2D eigenvalue weighted by molar-refractivity contribution is 7.87. The molecule has 0 aromatic heterocycles. The number of ketones is 1. The summed E-state index contributed by atoms with van der Waals surface area (Å²) in [6.07, 6.45) is 0. The molecule has 4 aromatic rings. The molecule has 0 amide bonds. The van der Waals surface area contributed by atoms with Gasteiger partial charge in [0.05, 0.1) is 75.9 Å². The van der Waals surface area contributed by atoms with Crippen molar-refractivity contribution in [2.45, 2.75) is 23.6 Å². The highest BCUT2D eigenvalue weighted by atomic mass is 32.2. The van der Waals surface area contributed by atoms with Crippen molar-refractivity contribution in [2.24, 2.45) is 0 Å². The minimum atomic E-state index is -3.83. The lowest BCUT2D eigenvalue weighted by Crippen LogP contribution is -2.15. The van der Waals surface area contributed by atoms with Crippen LogP contribution in [0.4, 0.5) is 0 Å². The molecule has 0 spiro atoms. The smallest absolute Gasteiger partial charge is 0.297 e. The third-order valence-corrected chi connectivity index (χ3v) is 10.7. The summed E-state index contributed by atoms with van der Waals surface area (Å²) in [4.78, 5) is 13.4. The van der Waals surface area contributed by atoms with Gasteiger partial charge >= 0.3 is 0 Å². The summed E-state index contributed by atoms with van der Waals surface area (Å²) in [5.74, 6) is 0.960. The summed E-state index contributed by atoms with van der Waals surface area (Å²) in [5, 5.41) is 0. The van der Waals surface area contributed by atoms with Gasteiger partial charge in [0.25, 0.3) is 20.2 Å². The SMILES string of the molecule is Cc1ccc(S(=O)(=O)OCCOCCOCCOc2ccc3c(c2)C(=O)c2cc(OCCOCCOCCOS(=O)(=O)c4ccc(C)cc4)ccc2-3)cc1. The molecule has 0 heterocycles. The fourth-order valence-corrected chi connectivity index (χ4v) is 7.03. The van der Waals surface area contributed by atoms with E-state index in [1.165, 1.54) is 24.3 Å². The van der Waals surface area contributed by atoms with Crippen molar-refractivity contribution in [3.05, 3.63) is 107 Å². The third kappa shape index (κ3) is 11.9.